The van der Waals surface area contributed by atoms with Gasteiger partial charge in [0, 0.05) is 144 Å². The average Bonchev–Trinajstić information content (AvgIpc) is 1.53. The summed E-state index contributed by atoms with van der Waals surface area (Å²) in [5.74, 6) is -19.1. The number of carboxylic acid groups (broad SMARTS) is 4. The van der Waals surface area contributed by atoms with E-state index in [1.165, 1.54) is 67.1 Å². The van der Waals surface area contributed by atoms with E-state index in [1.807, 2.05) is 13.0 Å². The second-order valence-electron chi connectivity index (χ2n) is 32.4. The number of amides is 7. The molecular formula is C89H109BrN12O24. The number of anilines is 1. The smallest absolute Gasteiger partial charge is 0.303 e. The lowest BCUT2D eigenvalue weighted by Gasteiger charge is -2.27. The lowest BCUT2D eigenvalue weighted by atomic mass is 9.88. The molecule has 12 N–H and O–H groups in total. The van der Waals surface area contributed by atoms with Crippen LogP contribution < -0.4 is 31.9 Å². The van der Waals surface area contributed by atoms with Gasteiger partial charge in [-0.1, -0.05) is 37.3 Å². The van der Waals surface area contributed by atoms with Gasteiger partial charge in [-0.25, -0.2) is 15.0 Å². The molecule has 10 atom stereocenters. The van der Waals surface area contributed by atoms with Crippen LogP contribution in [0, 0.1) is 49.9 Å². The standard InChI is InChI=1S/C89H109BrN12O24/c1-7-75(111)91-32-9-8-10-66(95-86(123)59(19-28-80(119)120)43-72(110)68(39-55-14-22-63(106)23-15-55)96-85(122)56(37-51(4)103)16-25-77(113)114)70(108)42-58(18-27-79(117)118)87(124)97-67(38-54-12-20-62(105)21-13-54)71(109)41-57(17-26-78(115)116)84(121)92-33-35-126-34-30-64(107)29-31-89-44-69(88(125)99-83-49(2)11-24-74(90)98-83)102(73(89)45-89)76(112)48-101-82-50(3)36-60(61-46-93-53(6)94-47-61)40-65(82)81(100-101)52(5)104/h11-15,20-24,36,40,46-47,56-59,66-69,73,105-106H,7-10,16-19,25-35,37-39,41-45,48H2,1-6H3,(H,91,111)(H,92,121)(H,95,123)(H,96,122)(H,97,124)(H,113,114)(H,115,116)(H,117,118)(H,119,120)(H,98,99,125)/t56-,57-,58-,59-,66+,67+,68+,69+,73-,89+/m1/s1. The second kappa shape index (κ2) is 47.1. The third kappa shape index (κ3) is 29.9. The number of carbonyl (C=O) groups excluding carboxylic acids is 13. The number of hydrogen-bond acceptors (Lipinski definition) is 24. The van der Waals surface area contributed by atoms with E-state index in [0.29, 0.717) is 56.4 Å². The zero-order valence-corrected chi connectivity index (χ0v) is 72.8. The molecule has 3 aromatic carbocycles. The lowest BCUT2D eigenvalue weighted by Crippen LogP contribution is -2.49. The second-order valence-corrected chi connectivity index (χ2v) is 33.2. The highest BCUT2D eigenvalue weighted by molar-refractivity contribution is 9.10. The number of aromatic hydroxyl groups is 2. The highest BCUT2D eigenvalue weighted by Gasteiger charge is 2.66. The zero-order valence-electron chi connectivity index (χ0n) is 71.2. The summed E-state index contributed by atoms with van der Waals surface area (Å²) in [6, 6.07) is 12.0. The van der Waals surface area contributed by atoms with Crippen molar-refractivity contribution in [1.29, 1.82) is 0 Å². The molecule has 126 heavy (non-hydrogen) atoms. The van der Waals surface area contributed by atoms with Crippen LogP contribution in [-0.4, -0.2) is 217 Å². The fourth-order valence-electron chi connectivity index (χ4n) is 15.7. The van der Waals surface area contributed by atoms with Gasteiger partial charge in [-0.15, -0.1) is 0 Å². The highest BCUT2D eigenvalue weighted by Crippen LogP contribution is 2.62. The molecule has 36 nitrogen and oxygen atoms in total. The van der Waals surface area contributed by atoms with Crippen LogP contribution in [0.3, 0.4) is 0 Å². The number of aryl methyl sites for hydroxylation is 3. The van der Waals surface area contributed by atoms with Crippen LogP contribution in [0.1, 0.15) is 194 Å². The van der Waals surface area contributed by atoms with Crippen molar-refractivity contribution < 1.29 is 117 Å². The minimum atomic E-state index is -1.59. The van der Waals surface area contributed by atoms with Crippen molar-refractivity contribution in [2.75, 3.05) is 31.6 Å². The molecule has 1 saturated carbocycles. The maximum absolute atomic E-state index is 14.9. The number of carboxylic acids is 4. The molecule has 1 aliphatic carbocycles. The first-order chi connectivity index (χ1) is 59.8. The number of nitrogens with zero attached hydrogens (tertiary/aromatic N) is 6. The first kappa shape index (κ1) is 99.0. The van der Waals surface area contributed by atoms with Gasteiger partial charge in [0.1, 0.15) is 57.6 Å². The summed E-state index contributed by atoms with van der Waals surface area (Å²) in [7, 11) is 0. The number of aromatic nitrogens is 5. The van der Waals surface area contributed by atoms with E-state index in [9.17, 15) is 112 Å². The Balaban J connectivity index is 0.927. The van der Waals surface area contributed by atoms with Crippen molar-refractivity contribution in [3.63, 3.8) is 0 Å². The fourth-order valence-corrected chi connectivity index (χ4v) is 16.0. The van der Waals surface area contributed by atoms with Gasteiger partial charge in [0.25, 0.3) is 0 Å². The third-order valence-corrected chi connectivity index (χ3v) is 23.1. The number of unbranched alkanes of at least 4 members (excludes halogenated alkanes) is 1. The molecule has 7 amide bonds. The number of ether oxygens (including phenoxy) is 1. The van der Waals surface area contributed by atoms with Gasteiger partial charge < -0.3 is 77.0 Å². The van der Waals surface area contributed by atoms with Crippen molar-refractivity contribution >= 4 is 133 Å². The SMILES string of the molecule is CCC(=O)NCCCC[C@H](NC(=O)[C@H](CCC(=O)O)CC(=O)[C@H](Cc1ccc(O)cc1)NC(=O)[C@H](CCC(=O)O)CC(C)=O)C(=O)C[C@@H](CCC(=O)O)C(=O)N[C@@H](Cc1ccc(O)cc1)C(=O)C[C@@H](CCC(=O)O)C(=O)NCCOCCC(=O)CC[C@@]12C[C@@H](C(=O)Nc3nc(Br)ccc3C)N(C(=O)Cn3nc(C(C)=O)c4cc(-c5cnc(C)nc5)cc(C)c43)[C@@H]1C2. The predicted octanol–water partition coefficient (Wildman–Crippen LogP) is 7.48. The molecule has 0 spiro atoms. The minimum absolute atomic E-state index is 0.0515. The number of halogens is 1. The van der Waals surface area contributed by atoms with Gasteiger partial charge in [0.05, 0.1) is 36.9 Å². The molecule has 1 aliphatic heterocycles. The normalized spacial score (nSPS) is 16.1. The molecule has 2 fully saturated rings. The van der Waals surface area contributed by atoms with Gasteiger partial charge in [0.15, 0.2) is 23.1 Å². The molecule has 4 heterocycles. The summed E-state index contributed by atoms with van der Waals surface area (Å²) in [4.78, 5) is 245. The number of aliphatic carboxylic acids is 4. The number of benzene rings is 3. The zero-order chi connectivity index (χ0) is 92.2. The quantitative estimate of drug-likeness (QED) is 0.00999. The summed E-state index contributed by atoms with van der Waals surface area (Å²) >= 11 is 3.37. The fraction of sp³-hybridized carbons (Fsp3) is 0.494. The van der Waals surface area contributed by atoms with Crippen LogP contribution in [0.2, 0.25) is 0 Å². The Morgan fingerprint density at radius 2 is 1.06 bits per heavy atom. The van der Waals surface area contributed by atoms with E-state index >= 15 is 0 Å². The van der Waals surface area contributed by atoms with Crippen molar-refractivity contribution in [2.24, 2.45) is 29.1 Å². The Hall–Kier alpha value is -12.4. The molecule has 1 saturated heterocycles. The average molecular weight is 1810 g/mol. The maximum atomic E-state index is 14.9. The molecule has 0 bridgehead atoms. The molecular weight excluding hydrogens is 1700 g/mol. The van der Waals surface area contributed by atoms with Gasteiger partial charge >= 0.3 is 23.9 Å². The minimum Gasteiger partial charge on any atom is -0.508 e. The molecule has 676 valence electrons. The number of piperidine rings is 1. The van der Waals surface area contributed by atoms with Crippen molar-refractivity contribution in [3.8, 4) is 22.6 Å². The summed E-state index contributed by atoms with van der Waals surface area (Å²) < 4.78 is 7.73. The molecule has 6 aromatic rings. The third-order valence-electron chi connectivity index (χ3n) is 22.7. The van der Waals surface area contributed by atoms with Crippen LogP contribution in [0.15, 0.2) is 89.8 Å². The number of ketones is 6. The molecule has 0 radical (unpaired) electrons. The number of phenolic OH excluding ortho intramolecular Hbond substituents is 2. The van der Waals surface area contributed by atoms with E-state index < -0.39 is 212 Å². The lowest BCUT2D eigenvalue weighted by molar-refractivity contribution is -0.139. The first-order valence-electron chi connectivity index (χ1n) is 41.9. The van der Waals surface area contributed by atoms with E-state index in [-0.39, 0.29) is 138 Å². The number of likely N-dealkylation sites (tertiary alicyclic amines) is 1. The molecule has 0 unspecified atom stereocenters. The van der Waals surface area contributed by atoms with Crippen LogP contribution in [0.4, 0.5) is 5.82 Å². The number of Topliss-reactive ketones (excluding diaryl/α,β-unsaturated/α-hetero) is 6. The van der Waals surface area contributed by atoms with Crippen molar-refractivity contribution in [3.05, 3.63) is 124 Å². The number of hydrogen-bond donors (Lipinski definition) is 12. The van der Waals surface area contributed by atoms with Crippen LogP contribution in [0.25, 0.3) is 22.0 Å². The number of rotatable bonds is 55. The largest absolute Gasteiger partial charge is 0.508 e. The molecule has 3 aromatic heterocycles. The maximum Gasteiger partial charge on any atom is 0.303 e. The molecule has 37 heteroatoms. The predicted molar refractivity (Wildman–Crippen MR) is 456 cm³/mol. The summed E-state index contributed by atoms with van der Waals surface area (Å²) in [5.41, 5.74) is 3.63. The van der Waals surface area contributed by atoms with Gasteiger partial charge in [-0.05, 0) is 196 Å². The Morgan fingerprint density at radius 3 is 1.57 bits per heavy atom. The monoisotopic (exact) mass is 1810 g/mol. The number of fused-ring (bicyclic) bond motifs is 2. The van der Waals surface area contributed by atoms with Crippen LogP contribution in [-0.2, 0) is 101 Å². The van der Waals surface area contributed by atoms with Gasteiger partial charge in [0.2, 0.25) is 41.4 Å². The van der Waals surface area contributed by atoms with Crippen molar-refractivity contribution in [1.82, 2.24) is 56.2 Å². The van der Waals surface area contributed by atoms with Gasteiger partial charge in [-0.2, -0.15) is 5.10 Å². The van der Waals surface area contributed by atoms with E-state index in [2.05, 4.69) is 67.9 Å². The number of nitrogens with one attached hydrogen (secondary N) is 6. The van der Waals surface area contributed by atoms with E-state index in [1.54, 1.807) is 56.3 Å². The summed E-state index contributed by atoms with van der Waals surface area (Å²) in [5, 5.41) is 80.6. The van der Waals surface area contributed by atoms with Gasteiger partial charge in [-0.3, -0.25) is 81.4 Å². The molecule has 8 rings (SSSR count). The first-order valence-corrected chi connectivity index (χ1v) is 42.7. The van der Waals surface area contributed by atoms with E-state index in [4.69, 9.17) is 4.74 Å². The Bertz CT molecular complexity index is 5020. The Labute approximate surface area is 734 Å². The van der Waals surface area contributed by atoms with Crippen LogP contribution >= 0.6 is 15.9 Å². The Morgan fingerprint density at radius 1 is 0.556 bits per heavy atom. The number of pyridine rings is 1. The van der Waals surface area contributed by atoms with Crippen molar-refractivity contribution in [2.45, 2.75) is 226 Å². The number of carbonyl (C=O) groups is 17. The highest BCUT2D eigenvalue weighted by atomic mass is 79.9. The van der Waals surface area contributed by atoms with Crippen LogP contribution in [0.5, 0.6) is 11.5 Å². The summed E-state index contributed by atoms with van der Waals surface area (Å²) in [6.45, 7) is 8.89. The summed E-state index contributed by atoms with van der Waals surface area (Å²) in [6.07, 6.45) is -2.96. The topological polar surface area (TPSA) is 553 Å². The number of phenols is 2. The molecule has 2 aliphatic rings. The van der Waals surface area contributed by atoms with E-state index in [0.717, 1.165) is 11.1 Å². The Kier molecular flexibility index (Phi) is 37.0.